The SMILES string of the molecule is N#CCC(=O)Nc1ccccc1-n1cccc1. The predicted octanol–water partition coefficient (Wildman–Crippen LogP) is 2.33. The number of hydrogen-bond donors (Lipinski definition) is 1. The highest BCUT2D eigenvalue weighted by Crippen LogP contribution is 2.19. The van der Waals surface area contributed by atoms with E-state index in [1.165, 1.54) is 0 Å². The normalized spacial score (nSPS) is 9.59. The van der Waals surface area contributed by atoms with Crippen molar-refractivity contribution in [3.63, 3.8) is 0 Å². The van der Waals surface area contributed by atoms with Gasteiger partial charge in [-0.25, -0.2) is 0 Å². The molecule has 0 saturated heterocycles. The van der Waals surface area contributed by atoms with Crippen LogP contribution < -0.4 is 5.32 Å². The van der Waals surface area contributed by atoms with Crippen LogP contribution in [0.5, 0.6) is 0 Å². The van der Waals surface area contributed by atoms with Crippen LogP contribution in [0.3, 0.4) is 0 Å². The summed E-state index contributed by atoms with van der Waals surface area (Å²) >= 11 is 0. The third-order valence-electron chi connectivity index (χ3n) is 2.30. The van der Waals surface area contributed by atoms with Gasteiger partial charge in [-0.2, -0.15) is 5.26 Å². The van der Waals surface area contributed by atoms with Crippen molar-refractivity contribution in [2.24, 2.45) is 0 Å². The van der Waals surface area contributed by atoms with Crippen LogP contribution in [0.15, 0.2) is 48.8 Å². The second-order valence-corrected chi connectivity index (χ2v) is 3.49. The van der Waals surface area contributed by atoms with E-state index in [0.717, 1.165) is 5.69 Å². The van der Waals surface area contributed by atoms with Crippen LogP contribution >= 0.6 is 0 Å². The molecule has 0 aliphatic heterocycles. The molecule has 4 nitrogen and oxygen atoms in total. The number of rotatable bonds is 3. The standard InChI is InChI=1S/C13H11N3O/c14-8-7-13(17)15-11-5-1-2-6-12(11)16-9-3-4-10-16/h1-6,9-10H,7H2,(H,15,17). The number of aromatic nitrogens is 1. The number of anilines is 1. The van der Waals surface area contributed by atoms with E-state index in [-0.39, 0.29) is 12.3 Å². The van der Waals surface area contributed by atoms with Gasteiger partial charge in [-0.05, 0) is 24.3 Å². The minimum Gasteiger partial charge on any atom is -0.323 e. The highest BCUT2D eigenvalue weighted by Gasteiger charge is 2.06. The first-order valence-corrected chi connectivity index (χ1v) is 5.20. The smallest absolute Gasteiger partial charge is 0.238 e. The summed E-state index contributed by atoms with van der Waals surface area (Å²) in [5.74, 6) is -0.299. The first-order valence-electron chi connectivity index (χ1n) is 5.20. The Hall–Kier alpha value is -2.54. The first-order chi connectivity index (χ1) is 8.31. The van der Waals surface area contributed by atoms with Crippen molar-refractivity contribution in [3.8, 4) is 11.8 Å². The van der Waals surface area contributed by atoms with Crippen molar-refractivity contribution in [3.05, 3.63) is 48.8 Å². The highest BCUT2D eigenvalue weighted by atomic mass is 16.1. The zero-order chi connectivity index (χ0) is 12.1. The molecule has 1 aromatic heterocycles. The van der Waals surface area contributed by atoms with Crippen molar-refractivity contribution in [2.75, 3.05) is 5.32 Å². The lowest BCUT2D eigenvalue weighted by Crippen LogP contribution is -2.12. The lowest BCUT2D eigenvalue weighted by Gasteiger charge is -2.10. The minimum absolute atomic E-state index is 0.139. The van der Waals surface area contributed by atoms with E-state index < -0.39 is 0 Å². The lowest BCUT2D eigenvalue weighted by atomic mass is 10.2. The summed E-state index contributed by atoms with van der Waals surface area (Å²) in [4.78, 5) is 11.4. The molecule has 17 heavy (non-hydrogen) atoms. The summed E-state index contributed by atoms with van der Waals surface area (Å²) in [7, 11) is 0. The molecule has 0 saturated carbocycles. The van der Waals surface area contributed by atoms with Gasteiger partial charge in [-0.15, -0.1) is 0 Å². The highest BCUT2D eigenvalue weighted by molar-refractivity contribution is 5.94. The van der Waals surface area contributed by atoms with Gasteiger partial charge in [0.25, 0.3) is 0 Å². The Labute approximate surface area is 99.1 Å². The summed E-state index contributed by atoms with van der Waals surface area (Å²) in [5.41, 5.74) is 1.58. The van der Waals surface area contributed by atoms with Crippen LogP contribution in [0.4, 0.5) is 5.69 Å². The molecule has 0 aliphatic rings. The Balaban J connectivity index is 2.29. The average molecular weight is 225 g/mol. The number of nitrogens with one attached hydrogen (secondary N) is 1. The summed E-state index contributed by atoms with van der Waals surface area (Å²) in [6.07, 6.45) is 3.66. The molecule has 1 amide bonds. The molecule has 0 unspecified atom stereocenters. The third kappa shape index (κ3) is 2.52. The topological polar surface area (TPSA) is 57.8 Å². The Morgan fingerprint density at radius 3 is 2.65 bits per heavy atom. The van der Waals surface area contributed by atoms with Crippen LogP contribution in [-0.4, -0.2) is 10.5 Å². The maximum Gasteiger partial charge on any atom is 0.238 e. The summed E-state index contributed by atoms with van der Waals surface area (Å²) < 4.78 is 1.90. The number of carbonyl (C=O) groups excluding carboxylic acids is 1. The molecule has 1 aromatic carbocycles. The molecule has 0 spiro atoms. The molecule has 0 bridgehead atoms. The fraction of sp³-hybridized carbons (Fsp3) is 0.0769. The molecule has 0 fully saturated rings. The molecule has 1 N–H and O–H groups in total. The molecule has 2 aromatic rings. The zero-order valence-corrected chi connectivity index (χ0v) is 9.13. The first kappa shape index (κ1) is 11.0. The number of nitriles is 1. The van der Waals surface area contributed by atoms with Gasteiger partial charge in [0, 0.05) is 12.4 Å². The van der Waals surface area contributed by atoms with Crippen LogP contribution in [0.25, 0.3) is 5.69 Å². The molecular weight excluding hydrogens is 214 g/mol. The lowest BCUT2D eigenvalue weighted by molar-refractivity contribution is -0.115. The van der Waals surface area contributed by atoms with Gasteiger partial charge in [-0.3, -0.25) is 4.79 Å². The van der Waals surface area contributed by atoms with E-state index in [0.29, 0.717) is 5.69 Å². The Morgan fingerprint density at radius 1 is 1.24 bits per heavy atom. The number of benzene rings is 1. The van der Waals surface area contributed by atoms with Crippen LogP contribution in [0, 0.1) is 11.3 Å². The van der Waals surface area contributed by atoms with Gasteiger partial charge in [0.2, 0.25) is 5.91 Å². The third-order valence-corrected chi connectivity index (χ3v) is 2.30. The Bertz CT molecular complexity index is 552. The van der Waals surface area contributed by atoms with Crippen molar-refractivity contribution in [1.82, 2.24) is 4.57 Å². The van der Waals surface area contributed by atoms with Gasteiger partial charge in [0.1, 0.15) is 6.42 Å². The average Bonchev–Trinajstić information content (AvgIpc) is 2.83. The van der Waals surface area contributed by atoms with E-state index >= 15 is 0 Å². The largest absolute Gasteiger partial charge is 0.323 e. The van der Waals surface area contributed by atoms with E-state index in [1.54, 1.807) is 0 Å². The van der Waals surface area contributed by atoms with Crippen LogP contribution in [0.1, 0.15) is 6.42 Å². The molecule has 0 radical (unpaired) electrons. The van der Waals surface area contributed by atoms with Gasteiger partial charge in [-0.1, -0.05) is 12.1 Å². The molecule has 84 valence electrons. The second-order valence-electron chi connectivity index (χ2n) is 3.49. The number of nitrogens with zero attached hydrogens (tertiary/aromatic N) is 2. The van der Waals surface area contributed by atoms with E-state index in [9.17, 15) is 4.79 Å². The van der Waals surface area contributed by atoms with Crippen molar-refractivity contribution >= 4 is 11.6 Å². The monoisotopic (exact) mass is 225 g/mol. The number of carbonyl (C=O) groups is 1. The summed E-state index contributed by atoms with van der Waals surface area (Å²) in [6, 6.07) is 13.1. The minimum atomic E-state index is -0.299. The molecule has 4 heteroatoms. The molecule has 0 atom stereocenters. The van der Waals surface area contributed by atoms with Crippen LogP contribution in [0.2, 0.25) is 0 Å². The van der Waals surface area contributed by atoms with E-state index in [4.69, 9.17) is 5.26 Å². The van der Waals surface area contributed by atoms with Crippen molar-refractivity contribution < 1.29 is 4.79 Å². The van der Waals surface area contributed by atoms with Crippen molar-refractivity contribution in [2.45, 2.75) is 6.42 Å². The van der Waals surface area contributed by atoms with Crippen LogP contribution in [-0.2, 0) is 4.79 Å². The second kappa shape index (κ2) is 4.99. The fourth-order valence-electron chi connectivity index (χ4n) is 1.57. The van der Waals surface area contributed by atoms with E-state index in [2.05, 4.69) is 5.32 Å². The predicted molar refractivity (Wildman–Crippen MR) is 64.6 cm³/mol. The maximum atomic E-state index is 11.4. The summed E-state index contributed by atoms with van der Waals surface area (Å²) in [5, 5.41) is 11.2. The summed E-state index contributed by atoms with van der Waals surface area (Å²) in [6.45, 7) is 0. The number of amides is 1. The van der Waals surface area contributed by atoms with Gasteiger partial charge in [0.05, 0.1) is 17.4 Å². The van der Waals surface area contributed by atoms with Crippen molar-refractivity contribution in [1.29, 1.82) is 5.26 Å². The molecule has 0 aliphatic carbocycles. The van der Waals surface area contributed by atoms with Gasteiger partial charge in [0.15, 0.2) is 0 Å². The zero-order valence-electron chi connectivity index (χ0n) is 9.13. The number of para-hydroxylation sites is 2. The molecule has 1 heterocycles. The maximum absolute atomic E-state index is 11.4. The van der Waals surface area contributed by atoms with Gasteiger partial charge >= 0.3 is 0 Å². The Morgan fingerprint density at radius 2 is 1.94 bits per heavy atom. The van der Waals surface area contributed by atoms with E-state index in [1.807, 2.05) is 59.4 Å². The quantitative estimate of drug-likeness (QED) is 0.871. The number of hydrogen-bond acceptors (Lipinski definition) is 2. The fourth-order valence-corrected chi connectivity index (χ4v) is 1.57. The van der Waals surface area contributed by atoms with Gasteiger partial charge < -0.3 is 9.88 Å². The molecular formula is C13H11N3O. The molecule has 2 rings (SSSR count). The Kier molecular flexibility index (Phi) is 3.22.